The number of pyridine rings is 1. The van der Waals surface area contributed by atoms with Gasteiger partial charge >= 0.3 is 0 Å². The van der Waals surface area contributed by atoms with Crippen LogP contribution in [-0.2, 0) is 16.1 Å². The van der Waals surface area contributed by atoms with Crippen molar-refractivity contribution in [1.29, 1.82) is 0 Å². The maximum Gasteiger partial charge on any atom is 0.273 e. The highest BCUT2D eigenvalue weighted by Gasteiger charge is 2.34. The molecule has 0 saturated heterocycles. The molecule has 3 rings (SSSR count). The van der Waals surface area contributed by atoms with Crippen molar-refractivity contribution >= 4 is 11.8 Å². The van der Waals surface area contributed by atoms with Crippen LogP contribution in [0.4, 0.5) is 0 Å². The Morgan fingerprint density at radius 2 is 2.07 bits per heavy atom. The van der Waals surface area contributed by atoms with Gasteiger partial charge in [-0.3, -0.25) is 14.6 Å². The number of carbonyl (C=O) groups is 2. The van der Waals surface area contributed by atoms with Crippen molar-refractivity contribution in [2.75, 3.05) is 13.7 Å². The van der Waals surface area contributed by atoms with E-state index >= 15 is 0 Å². The molecule has 0 bridgehead atoms. The van der Waals surface area contributed by atoms with Gasteiger partial charge in [-0.05, 0) is 38.3 Å². The maximum atomic E-state index is 12.5. The zero-order valence-corrected chi connectivity index (χ0v) is 16.5. The molecule has 1 saturated carbocycles. The molecule has 0 aliphatic heterocycles. The van der Waals surface area contributed by atoms with Crippen LogP contribution >= 0.6 is 0 Å². The van der Waals surface area contributed by atoms with Gasteiger partial charge in [0.05, 0.1) is 25.0 Å². The Balaban J connectivity index is 1.49. The summed E-state index contributed by atoms with van der Waals surface area (Å²) in [4.78, 5) is 28.8. The van der Waals surface area contributed by atoms with Gasteiger partial charge in [-0.15, -0.1) is 5.10 Å². The number of hydrogen-bond acceptors (Lipinski definition) is 7. The minimum atomic E-state index is -1.58. The second kappa shape index (κ2) is 9.10. The third-order valence-electron chi connectivity index (χ3n) is 4.84. The Morgan fingerprint density at radius 3 is 2.76 bits per heavy atom. The number of ether oxygens (including phenoxy) is 1. The number of carbonyl (C=O) groups excluding carboxylic acids is 2. The Labute approximate surface area is 168 Å². The Morgan fingerprint density at radius 1 is 1.31 bits per heavy atom. The van der Waals surface area contributed by atoms with Crippen LogP contribution in [0.15, 0.2) is 30.6 Å². The number of amides is 2. The molecule has 3 atom stereocenters. The molecule has 3 N–H and O–H groups in total. The first-order valence-electron chi connectivity index (χ1n) is 9.50. The highest BCUT2D eigenvalue weighted by Crippen LogP contribution is 2.20. The number of methoxy groups -OCH3 is 1. The molecule has 2 aromatic heterocycles. The molecule has 0 spiro atoms. The highest BCUT2D eigenvalue weighted by molar-refractivity contribution is 5.92. The van der Waals surface area contributed by atoms with Crippen LogP contribution in [0.1, 0.15) is 42.4 Å². The van der Waals surface area contributed by atoms with E-state index < -0.39 is 11.5 Å². The van der Waals surface area contributed by atoms with Crippen molar-refractivity contribution in [3.8, 4) is 0 Å². The Hall–Kier alpha value is -2.85. The first-order valence-corrected chi connectivity index (χ1v) is 9.50. The van der Waals surface area contributed by atoms with Crippen molar-refractivity contribution in [3.63, 3.8) is 0 Å². The molecule has 1 aliphatic carbocycles. The average molecular weight is 402 g/mol. The van der Waals surface area contributed by atoms with E-state index in [2.05, 4.69) is 25.9 Å². The fraction of sp³-hybridized carbons (Fsp3) is 0.526. The zero-order chi connectivity index (χ0) is 20.9. The third-order valence-corrected chi connectivity index (χ3v) is 4.84. The fourth-order valence-electron chi connectivity index (χ4n) is 3.33. The average Bonchev–Trinajstić information content (AvgIpc) is 3.32. The molecule has 1 unspecified atom stereocenters. The molecular formula is C19H26N6O4. The normalized spacial score (nSPS) is 20.8. The van der Waals surface area contributed by atoms with Crippen molar-refractivity contribution in [1.82, 2.24) is 30.6 Å². The molecule has 10 nitrogen and oxygen atoms in total. The lowest BCUT2D eigenvalue weighted by atomic mass is 10.1. The molecule has 2 aromatic rings. The van der Waals surface area contributed by atoms with Gasteiger partial charge in [-0.1, -0.05) is 11.3 Å². The number of nitrogens with one attached hydrogen (secondary N) is 2. The summed E-state index contributed by atoms with van der Waals surface area (Å²) in [7, 11) is 1.43. The van der Waals surface area contributed by atoms with Crippen molar-refractivity contribution in [2.45, 2.75) is 50.4 Å². The number of aromatic nitrogens is 4. The molecule has 1 aliphatic rings. The molecule has 2 amide bonds. The summed E-state index contributed by atoms with van der Waals surface area (Å²) in [6.07, 6.45) is 5.31. The Kier molecular flexibility index (Phi) is 6.55. The number of hydrogen-bond donors (Lipinski definition) is 3. The van der Waals surface area contributed by atoms with E-state index in [4.69, 9.17) is 4.74 Å². The second-order valence-corrected chi connectivity index (χ2v) is 7.48. The summed E-state index contributed by atoms with van der Waals surface area (Å²) in [5.41, 5.74) is -0.526. The van der Waals surface area contributed by atoms with E-state index in [9.17, 15) is 14.7 Å². The summed E-state index contributed by atoms with van der Waals surface area (Å²) < 4.78 is 6.43. The van der Waals surface area contributed by atoms with Gasteiger partial charge < -0.3 is 20.5 Å². The monoisotopic (exact) mass is 402 g/mol. The van der Waals surface area contributed by atoms with Crippen LogP contribution in [0.2, 0.25) is 0 Å². The summed E-state index contributed by atoms with van der Waals surface area (Å²) in [5, 5.41) is 23.7. The molecule has 10 heteroatoms. The molecule has 2 heterocycles. The summed E-state index contributed by atoms with van der Waals surface area (Å²) in [6.45, 7) is 1.76. The van der Waals surface area contributed by atoms with Crippen molar-refractivity contribution in [3.05, 3.63) is 42.0 Å². The molecule has 156 valence electrons. The number of rotatable bonds is 8. The van der Waals surface area contributed by atoms with Crippen LogP contribution in [0, 0.1) is 0 Å². The summed E-state index contributed by atoms with van der Waals surface area (Å²) in [6, 6.07) is 5.39. The van der Waals surface area contributed by atoms with Gasteiger partial charge in [0.2, 0.25) is 0 Å². The SMILES string of the molecule is COCC(C)(O)C(=O)N[C@@H]1CC[C@H](NC(=O)c2cn(Cc3ccccn3)nn2)C1. The lowest BCUT2D eigenvalue weighted by Gasteiger charge is -2.24. The zero-order valence-electron chi connectivity index (χ0n) is 16.5. The van der Waals surface area contributed by atoms with Gasteiger partial charge in [0, 0.05) is 25.4 Å². The minimum absolute atomic E-state index is 0.0823. The molecular weight excluding hydrogens is 376 g/mol. The molecule has 0 radical (unpaired) electrons. The van der Waals surface area contributed by atoms with Gasteiger partial charge in [0.15, 0.2) is 11.3 Å². The van der Waals surface area contributed by atoms with E-state index in [1.165, 1.54) is 14.0 Å². The van der Waals surface area contributed by atoms with Gasteiger partial charge in [0.25, 0.3) is 11.8 Å². The largest absolute Gasteiger partial charge is 0.381 e. The first-order chi connectivity index (χ1) is 13.9. The summed E-state index contributed by atoms with van der Waals surface area (Å²) >= 11 is 0. The van der Waals surface area contributed by atoms with Crippen molar-refractivity contribution in [2.24, 2.45) is 0 Å². The topological polar surface area (TPSA) is 131 Å². The van der Waals surface area contributed by atoms with E-state index in [1.807, 2.05) is 18.2 Å². The molecule has 29 heavy (non-hydrogen) atoms. The van der Waals surface area contributed by atoms with Crippen LogP contribution in [0.3, 0.4) is 0 Å². The Bertz CT molecular complexity index is 838. The standard InChI is InChI=1S/C19H26N6O4/c1-19(28,12-29-2)18(27)22-14-7-6-13(9-14)21-17(26)16-11-25(24-23-16)10-15-5-3-4-8-20-15/h3-5,8,11,13-14,28H,6-7,9-10,12H2,1-2H3,(H,21,26)(H,22,27)/t13-,14+,19?/m0/s1. The maximum absolute atomic E-state index is 12.5. The van der Waals surface area contributed by atoms with Crippen LogP contribution < -0.4 is 10.6 Å². The lowest BCUT2D eigenvalue weighted by Crippen LogP contribution is -2.50. The predicted octanol–water partition coefficient (Wildman–Crippen LogP) is -0.114. The third kappa shape index (κ3) is 5.58. The van der Waals surface area contributed by atoms with Gasteiger partial charge in [0.1, 0.15) is 0 Å². The smallest absolute Gasteiger partial charge is 0.273 e. The van der Waals surface area contributed by atoms with E-state index in [-0.39, 0.29) is 30.3 Å². The quantitative estimate of drug-likeness (QED) is 0.561. The minimum Gasteiger partial charge on any atom is -0.381 e. The molecule has 1 fully saturated rings. The van der Waals surface area contributed by atoms with Crippen molar-refractivity contribution < 1.29 is 19.4 Å². The van der Waals surface area contributed by atoms with Gasteiger partial charge in [-0.2, -0.15) is 0 Å². The van der Waals surface area contributed by atoms with E-state index in [1.54, 1.807) is 17.1 Å². The number of nitrogens with zero attached hydrogens (tertiary/aromatic N) is 4. The highest BCUT2D eigenvalue weighted by atomic mass is 16.5. The predicted molar refractivity (Wildman–Crippen MR) is 103 cm³/mol. The second-order valence-electron chi connectivity index (χ2n) is 7.48. The van der Waals surface area contributed by atoms with Gasteiger partial charge in [-0.25, -0.2) is 4.68 Å². The first kappa shape index (κ1) is 20.9. The lowest BCUT2D eigenvalue weighted by molar-refractivity contribution is -0.143. The fourth-order valence-corrected chi connectivity index (χ4v) is 3.33. The summed E-state index contributed by atoms with van der Waals surface area (Å²) in [5.74, 6) is -0.783. The van der Waals surface area contributed by atoms with Crippen LogP contribution in [-0.4, -0.2) is 68.3 Å². The van der Waals surface area contributed by atoms with Crippen LogP contribution in [0.25, 0.3) is 0 Å². The number of aliphatic hydroxyl groups is 1. The van der Waals surface area contributed by atoms with E-state index in [0.29, 0.717) is 19.4 Å². The van der Waals surface area contributed by atoms with E-state index in [0.717, 1.165) is 12.1 Å². The van der Waals surface area contributed by atoms with Crippen LogP contribution in [0.5, 0.6) is 0 Å². The molecule has 0 aromatic carbocycles.